The summed E-state index contributed by atoms with van der Waals surface area (Å²) in [5.41, 5.74) is 0.754. The summed E-state index contributed by atoms with van der Waals surface area (Å²) in [4.78, 5) is 19.7. The van der Waals surface area contributed by atoms with Crippen molar-refractivity contribution < 1.29 is 9.53 Å². The fraction of sp³-hybridized carbons (Fsp3) is 0.615. The van der Waals surface area contributed by atoms with Crippen LogP contribution in [-0.2, 0) is 4.74 Å². The van der Waals surface area contributed by atoms with Crippen molar-refractivity contribution >= 4 is 23.5 Å². The summed E-state index contributed by atoms with van der Waals surface area (Å²) < 4.78 is 4.97. The second kappa shape index (κ2) is 5.77. The number of nitrogens with zero attached hydrogens (tertiary/aromatic N) is 2. The van der Waals surface area contributed by atoms with Gasteiger partial charge in [-0.05, 0) is 26.0 Å². The molecule has 1 N–H and O–H groups in total. The fourth-order valence-electron chi connectivity index (χ4n) is 2.12. The van der Waals surface area contributed by atoms with E-state index >= 15 is 0 Å². The number of thioether (sulfide) groups is 1. The Morgan fingerprint density at radius 3 is 2.79 bits per heavy atom. The number of carbonyl (C=O) groups excluding carboxylic acids is 1. The molecule has 0 saturated heterocycles. The van der Waals surface area contributed by atoms with Gasteiger partial charge in [-0.3, -0.25) is 0 Å². The van der Waals surface area contributed by atoms with Crippen LogP contribution >= 0.6 is 11.8 Å². The van der Waals surface area contributed by atoms with Gasteiger partial charge in [0.05, 0.1) is 7.11 Å². The number of ether oxygens (including phenoxy) is 1. The first-order chi connectivity index (χ1) is 9.08. The molecule has 1 fully saturated rings. The molecule has 6 heteroatoms. The second-order valence-corrected chi connectivity index (χ2v) is 6.08. The Morgan fingerprint density at radius 2 is 2.26 bits per heavy atom. The van der Waals surface area contributed by atoms with E-state index in [1.165, 1.54) is 26.4 Å². The fourth-order valence-corrected chi connectivity index (χ4v) is 3.03. The van der Waals surface area contributed by atoms with Crippen molar-refractivity contribution in [2.75, 3.05) is 25.2 Å². The minimum Gasteiger partial charge on any atom is -0.463 e. The molecule has 0 radical (unpaired) electrons. The van der Waals surface area contributed by atoms with Crippen LogP contribution in [0, 0.1) is 6.92 Å². The third-order valence-electron chi connectivity index (χ3n) is 3.51. The van der Waals surface area contributed by atoms with E-state index in [1.807, 2.05) is 24.8 Å². The zero-order valence-electron chi connectivity index (χ0n) is 11.5. The SMILES string of the molecule is COC(=O)c1nc(C)cc(NCC2(SC)CCC2)n1. The molecule has 1 aliphatic rings. The first-order valence-electron chi connectivity index (χ1n) is 6.31. The summed E-state index contributed by atoms with van der Waals surface area (Å²) in [6.45, 7) is 2.71. The van der Waals surface area contributed by atoms with Crippen molar-refractivity contribution in [2.24, 2.45) is 0 Å². The smallest absolute Gasteiger partial charge is 0.376 e. The molecule has 1 heterocycles. The number of carbonyl (C=O) groups is 1. The van der Waals surface area contributed by atoms with Crippen molar-refractivity contribution in [3.8, 4) is 0 Å². The third kappa shape index (κ3) is 3.18. The van der Waals surface area contributed by atoms with Gasteiger partial charge < -0.3 is 10.1 Å². The lowest BCUT2D eigenvalue weighted by Gasteiger charge is -2.40. The van der Waals surface area contributed by atoms with Gasteiger partial charge in [0.25, 0.3) is 0 Å². The highest BCUT2D eigenvalue weighted by molar-refractivity contribution is 8.00. The molecule has 1 aliphatic carbocycles. The monoisotopic (exact) mass is 281 g/mol. The van der Waals surface area contributed by atoms with Crippen molar-refractivity contribution in [3.63, 3.8) is 0 Å². The molecule has 0 aliphatic heterocycles. The molecule has 2 rings (SSSR count). The Hall–Kier alpha value is -1.30. The summed E-state index contributed by atoms with van der Waals surface area (Å²) in [5, 5.41) is 3.32. The van der Waals surface area contributed by atoms with E-state index in [4.69, 9.17) is 0 Å². The van der Waals surface area contributed by atoms with E-state index < -0.39 is 5.97 Å². The van der Waals surface area contributed by atoms with Gasteiger partial charge in [-0.1, -0.05) is 6.42 Å². The first-order valence-corrected chi connectivity index (χ1v) is 7.54. The lowest BCUT2D eigenvalue weighted by atomic mass is 9.84. The molecule has 0 atom stereocenters. The first kappa shape index (κ1) is 14.1. The van der Waals surface area contributed by atoms with Crippen LogP contribution in [0.15, 0.2) is 6.07 Å². The van der Waals surface area contributed by atoms with Crippen molar-refractivity contribution in [2.45, 2.75) is 30.9 Å². The molecule has 5 nitrogen and oxygen atoms in total. The summed E-state index contributed by atoms with van der Waals surface area (Å²) in [6, 6.07) is 1.85. The van der Waals surface area contributed by atoms with Gasteiger partial charge in [-0.15, -0.1) is 0 Å². The van der Waals surface area contributed by atoms with E-state index in [1.54, 1.807) is 0 Å². The van der Waals surface area contributed by atoms with E-state index in [9.17, 15) is 4.79 Å². The lowest BCUT2D eigenvalue weighted by Crippen LogP contribution is -2.40. The Kier molecular flexibility index (Phi) is 4.29. The molecule has 1 saturated carbocycles. The van der Waals surface area contributed by atoms with Crippen LogP contribution in [0.5, 0.6) is 0 Å². The molecule has 0 unspecified atom stereocenters. The second-order valence-electron chi connectivity index (χ2n) is 4.80. The Morgan fingerprint density at radius 1 is 1.53 bits per heavy atom. The summed E-state index contributed by atoms with van der Waals surface area (Å²) in [7, 11) is 1.33. The molecule has 0 amide bonds. The highest BCUT2D eigenvalue weighted by Crippen LogP contribution is 2.42. The molecule has 1 aromatic heterocycles. The number of methoxy groups -OCH3 is 1. The van der Waals surface area contributed by atoms with Crippen LogP contribution in [0.3, 0.4) is 0 Å². The Bertz CT molecular complexity index is 469. The van der Waals surface area contributed by atoms with Crippen LogP contribution in [0.1, 0.15) is 35.6 Å². The average molecular weight is 281 g/mol. The van der Waals surface area contributed by atoms with Crippen molar-refractivity contribution in [1.82, 2.24) is 9.97 Å². The van der Waals surface area contributed by atoms with E-state index in [-0.39, 0.29) is 5.82 Å². The molecule has 19 heavy (non-hydrogen) atoms. The number of rotatable bonds is 5. The van der Waals surface area contributed by atoms with E-state index in [0.29, 0.717) is 10.6 Å². The molecule has 0 aromatic carbocycles. The molecule has 0 spiro atoms. The van der Waals surface area contributed by atoms with Crippen LogP contribution in [0.25, 0.3) is 0 Å². The Balaban J connectivity index is 2.07. The van der Waals surface area contributed by atoms with Crippen LogP contribution in [0.4, 0.5) is 5.82 Å². The summed E-state index contributed by atoms with van der Waals surface area (Å²) in [6.07, 6.45) is 5.90. The van der Waals surface area contributed by atoms with Crippen molar-refractivity contribution in [3.05, 3.63) is 17.6 Å². The minimum absolute atomic E-state index is 0.108. The molecular weight excluding hydrogens is 262 g/mol. The quantitative estimate of drug-likeness (QED) is 0.835. The number of hydrogen-bond donors (Lipinski definition) is 1. The van der Waals surface area contributed by atoms with Gasteiger partial charge in [0.1, 0.15) is 5.82 Å². The number of nitrogens with one attached hydrogen (secondary N) is 1. The highest BCUT2D eigenvalue weighted by atomic mass is 32.2. The maximum absolute atomic E-state index is 11.5. The lowest BCUT2D eigenvalue weighted by molar-refractivity contribution is 0.0586. The number of esters is 1. The summed E-state index contributed by atoms with van der Waals surface area (Å²) >= 11 is 1.90. The third-order valence-corrected chi connectivity index (χ3v) is 4.93. The standard InChI is InChI=1S/C13H19N3O2S/c1-9-7-10(16-11(15-9)12(17)18-2)14-8-13(19-3)5-4-6-13/h7H,4-6,8H2,1-3H3,(H,14,15,16). The number of aryl methyl sites for hydroxylation is 1. The highest BCUT2D eigenvalue weighted by Gasteiger charge is 2.35. The van der Waals surface area contributed by atoms with Gasteiger partial charge in [-0.2, -0.15) is 11.8 Å². The van der Waals surface area contributed by atoms with Crippen LogP contribution in [-0.4, -0.2) is 40.6 Å². The predicted molar refractivity (Wildman–Crippen MR) is 76.7 cm³/mol. The maximum atomic E-state index is 11.5. The predicted octanol–water partition coefficient (Wildman–Crippen LogP) is 2.27. The minimum atomic E-state index is -0.505. The van der Waals surface area contributed by atoms with Gasteiger partial charge in [-0.25, -0.2) is 14.8 Å². The van der Waals surface area contributed by atoms with Gasteiger partial charge in [0.2, 0.25) is 5.82 Å². The average Bonchev–Trinajstić information content (AvgIpc) is 2.36. The van der Waals surface area contributed by atoms with Crippen LogP contribution < -0.4 is 5.32 Å². The Labute approximate surface area is 117 Å². The molecular formula is C13H19N3O2S. The normalized spacial score (nSPS) is 16.6. The molecule has 1 aromatic rings. The number of anilines is 1. The zero-order chi connectivity index (χ0) is 13.9. The maximum Gasteiger partial charge on any atom is 0.376 e. The number of hydrogen-bond acceptors (Lipinski definition) is 6. The molecule has 104 valence electrons. The number of aromatic nitrogens is 2. The zero-order valence-corrected chi connectivity index (χ0v) is 12.3. The largest absolute Gasteiger partial charge is 0.463 e. The topological polar surface area (TPSA) is 64.1 Å². The van der Waals surface area contributed by atoms with E-state index in [0.717, 1.165) is 12.2 Å². The van der Waals surface area contributed by atoms with Crippen LogP contribution in [0.2, 0.25) is 0 Å². The van der Waals surface area contributed by atoms with Gasteiger partial charge in [0, 0.05) is 23.1 Å². The van der Waals surface area contributed by atoms with Gasteiger partial charge >= 0.3 is 5.97 Å². The molecule has 0 bridgehead atoms. The summed E-state index contributed by atoms with van der Waals surface area (Å²) in [5.74, 6) is 0.292. The van der Waals surface area contributed by atoms with Gasteiger partial charge in [0.15, 0.2) is 0 Å². The van der Waals surface area contributed by atoms with Crippen molar-refractivity contribution in [1.29, 1.82) is 0 Å². The van der Waals surface area contributed by atoms with E-state index in [2.05, 4.69) is 26.3 Å².